The first-order chi connectivity index (χ1) is 18.7. The zero-order valence-electron chi connectivity index (χ0n) is 23.3. The number of fused-ring (bicyclic) bond motifs is 1. The van der Waals surface area contributed by atoms with Crippen LogP contribution in [0.15, 0.2) is 24.3 Å². The predicted molar refractivity (Wildman–Crippen MR) is 156 cm³/mol. The summed E-state index contributed by atoms with van der Waals surface area (Å²) < 4.78 is 34.8. The molecule has 1 fully saturated rings. The molecule has 0 saturated carbocycles. The van der Waals surface area contributed by atoms with Crippen molar-refractivity contribution in [3.63, 3.8) is 0 Å². The smallest absolute Gasteiger partial charge is 0.340 e. The van der Waals surface area contributed by atoms with Gasteiger partial charge in [0.15, 0.2) is 0 Å². The molecule has 1 aromatic heterocycles. The van der Waals surface area contributed by atoms with Gasteiger partial charge in [0, 0.05) is 44.8 Å². The highest BCUT2D eigenvalue weighted by Crippen LogP contribution is 2.38. The number of hydrogen-bond donors (Lipinski definition) is 1. The molecule has 1 saturated heterocycles. The first-order valence-corrected chi connectivity index (χ1v) is 14.0. The minimum Gasteiger partial charge on any atom is -0.462 e. The van der Waals surface area contributed by atoms with E-state index in [-0.39, 0.29) is 43.9 Å². The van der Waals surface area contributed by atoms with Crippen LogP contribution in [0.3, 0.4) is 0 Å². The number of aryl methyl sites for hydroxylation is 2. The van der Waals surface area contributed by atoms with E-state index in [0.29, 0.717) is 51.2 Å². The molecule has 0 amide bonds. The number of anilines is 3. The number of Topliss-reactive ketones (excluding diaryl/α,β-unsaturated/α-hetero) is 1. The van der Waals surface area contributed by atoms with Crippen molar-refractivity contribution >= 4 is 63.3 Å². The van der Waals surface area contributed by atoms with Gasteiger partial charge in [-0.05, 0) is 37.1 Å². The molecular formula is C29H34Cl2F2N4O3. The average Bonchev–Trinajstić information content (AvgIpc) is 3.19. The molecule has 0 atom stereocenters. The standard InChI is InChI=1S/C29H34Cl2F2N4O3/c1-6-40-26(39)18-15-20-22(16-21(18)37-13-11-29(32,33)12-14-37)36(5)27(34-20)35-25-19(30)9-7-17(24(25)31)8-10-23(38)28(2,3)4/h7,9,15-16H,6,8,10-14H2,1-5H3,(H,34,35). The Kier molecular flexibility index (Phi) is 8.66. The minimum atomic E-state index is -2.72. The number of hydrogen-bond acceptors (Lipinski definition) is 6. The van der Waals surface area contributed by atoms with E-state index in [1.165, 1.54) is 0 Å². The van der Waals surface area contributed by atoms with Gasteiger partial charge in [-0.25, -0.2) is 18.6 Å². The molecule has 0 radical (unpaired) electrons. The van der Waals surface area contributed by atoms with E-state index in [1.54, 1.807) is 47.7 Å². The van der Waals surface area contributed by atoms with Crippen LogP contribution >= 0.6 is 23.2 Å². The second-order valence-electron chi connectivity index (χ2n) is 11.1. The predicted octanol–water partition coefficient (Wildman–Crippen LogP) is 7.58. The molecule has 0 aliphatic carbocycles. The molecule has 0 bridgehead atoms. The van der Waals surface area contributed by atoms with Crippen molar-refractivity contribution in [2.45, 2.75) is 59.3 Å². The number of esters is 1. The van der Waals surface area contributed by atoms with Crippen LogP contribution in [0.2, 0.25) is 10.0 Å². The number of ketones is 1. The van der Waals surface area contributed by atoms with Gasteiger partial charge in [-0.15, -0.1) is 0 Å². The Morgan fingerprint density at radius 2 is 1.82 bits per heavy atom. The van der Waals surface area contributed by atoms with E-state index in [2.05, 4.69) is 10.3 Å². The van der Waals surface area contributed by atoms with Crippen molar-refractivity contribution < 1.29 is 23.1 Å². The van der Waals surface area contributed by atoms with Gasteiger partial charge in [-0.1, -0.05) is 50.0 Å². The molecule has 0 spiro atoms. The van der Waals surface area contributed by atoms with Crippen molar-refractivity contribution in [2.75, 3.05) is 29.9 Å². The van der Waals surface area contributed by atoms with Gasteiger partial charge in [-0.3, -0.25) is 4.79 Å². The summed E-state index contributed by atoms with van der Waals surface area (Å²) in [6, 6.07) is 6.93. The topological polar surface area (TPSA) is 76.5 Å². The number of benzene rings is 2. The summed E-state index contributed by atoms with van der Waals surface area (Å²) in [6.07, 6.45) is 0.225. The molecule has 2 heterocycles. The molecule has 216 valence electrons. The van der Waals surface area contributed by atoms with Gasteiger partial charge in [0.25, 0.3) is 5.92 Å². The molecule has 7 nitrogen and oxygen atoms in total. The van der Waals surface area contributed by atoms with Crippen LogP contribution in [0, 0.1) is 5.41 Å². The Bertz CT molecular complexity index is 1440. The van der Waals surface area contributed by atoms with Gasteiger partial charge < -0.3 is 19.5 Å². The number of ether oxygens (including phenoxy) is 1. The van der Waals surface area contributed by atoms with E-state index < -0.39 is 17.3 Å². The Balaban J connectivity index is 1.69. The third-order valence-corrected chi connectivity index (χ3v) is 7.94. The Hall–Kier alpha value is -2.91. The molecule has 1 aliphatic heterocycles. The van der Waals surface area contributed by atoms with Crippen molar-refractivity contribution in [3.8, 4) is 0 Å². The van der Waals surface area contributed by atoms with Crippen molar-refractivity contribution in [3.05, 3.63) is 45.4 Å². The van der Waals surface area contributed by atoms with Crippen LogP contribution in [0.25, 0.3) is 11.0 Å². The highest BCUT2D eigenvalue weighted by molar-refractivity contribution is 6.39. The summed E-state index contributed by atoms with van der Waals surface area (Å²) in [6.45, 7) is 7.77. The van der Waals surface area contributed by atoms with Crippen LogP contribution in [0.1, 0.15) is 62.9 Å². The van der Waals surface area contributed by atoms with E-state index in [0.717, 1.165) is 5.56 Å². The molecule has 2 aromatic carbocycles. The number of alkyl halides is 2. The number of carbonyl (C=O) groups excluding carboxylic acids is 2. The largest absolute Gasteiger partial charge is 0.462 e. The second-order valence-corrected chi connectivity index (χ2v) is 11.9. The Morgan fingerprint density at radius 1 is 1.15 bits per heavy atom. The first kappa shape index (κ1) is 30.1. The van der Waals surface area contributed by atoms with Crippen LogP contribution < -0.4 is 10.2 Å². The van der Waals surface area contributed by atoms with Gasteiger partial charge in [0.2, 0.25) is 5.95 Å². The lowest BCUT2D eigenvalue weighted by Gasteiger charge is -2.34. The lowest BCUT2D eigenvalue weighted by Crippen LogP contribution is -2.40. The van der Waals surface area contributed by atoms with E-state index >= 15 is 0 Å². The van der Waals surface area contributed by atoms with E-state index in [1.807, 2.05) is 20.8 Å². The Morgan fingerprint density at radius 3 is 2.45 bits per heavy atom. The Labute approximate surface area is 242 Å². The number of carbonyl (C=O) groups is 2. The summed E-state index contributed by atoms with van der Waals surface area (Å²) in [4.78, 5) is 31.8. The van der Waals surface area contributed by atoms with Gasteiger partial charge in [-0.2, -0.15) is 0 Å². The number of aromatic nitrogens is 2. The average molecular weight is 596 g/mol. The zero-order chi connectivity index (χ0) is 29.4. The molecule has 1 N–H and O–H groups in total. The lowest BCUT2D eigenvalue weighted by atomic mass is 9.87. The summed E-state index contributed by atoms with van der Waals surface area (Å²) in [7, 11) is 1.80. The molecule has 3 aromatic rings. The molecular weight excluding hydrogens is 561 g/mol. The number of rotatable bonds is 8. The monoisotopic (exact) mass is 594 g/mol. The zero-order valence-corrected chi connectivity index (χ0v) is 24.8. The first-order valence-electron chi connectivity index (χ1n) is 13.3. The second kappa shape index (κ2) is 11.5. The van der Waals surface area contributed by atoms with Gasteiger partial charge >= 0.3 is 5.97 Å². The third kappa shape index (κ3) is 6.36. The normalized spacial score (nSPS) is 15.4. The third-order valence-electron chi connectivity index (χ3n) is 7.20. The number of imidazole rings is 1. The lowest BCUT2D eigenvalue weighted by molar-refractivity contribution is -0.126. The maximum absolute atomic E-state index is 13.9. The van der Waals surface area contributed by atoms with Crippen LogP contribution in [-0.4, -0.2) is 46.9 Å². The van der Waals surface area contributed by atoms with Crippen molar-refractivity contribution in [2.24, 2.45) is 12.5 Å². The number of nitrogens with one attached hydrogen (secondary N) is 1. The molecule has 0 unspecified atom stereocenters. The molecule has 11 heteroatoms. The molecule has 40 heavy (non-hydrogen) atoms. The van der Waals surface area contributed by atoms with Crippen LogP contribution in [-0.2, 0) is 23.0 Å². The fraction of sp³-hybridized carbons (Fsp3) is 0.483. The maximum Gasteiger partial charge on any atom is 0.340 e. The van der Waals surface area contributed by atoms with Gasteiger partial charge in [0.05, 0.1) is 44.6 Å². The summed E-state index contributed by atoms with van der Waals surface area (Å²) >= 11 is 13.2. The molecule has 4 rings (SSSR count). The number of halogens is 4. The highest BCUT2D eigenvalue weighted by Gasteiger charge is 2.35. The fourth-order valence-electron chi connectivity index (χ4n) is 4.69. The van der Waals surface area contributed by atoms with Crippen LogP contribution in [0.4, 0.5) is 26.1 Å². The summed E-state index contributed by atoms with van der Waals surface area (Å²) in [5.74, 6) is -2.71. The highest BCUT2D eigenvalue weighted by atomic mass is 35.5. The summed E-state index contributed by atoms with van der Waals surface area (Å²) in [5, 5.41) is 3.99. The van der Waals surface area contributed by atoms with E-state index in [4.69, 9.17) is 27.9 Å². The summed E-state index contributed by atoms with van der Waals surface area (Å²) in [5.41, 5.74) is 2.78. The van der Waals surface area contributed by atoms with E-state index in [9.17, 15) is 18.4 Å². The van der Waals surface area contributed by atoms with Gasteiger partial charge in [0.1, 0.15) is 5.78 Å². The van der Waals surface area contributed by atoms with Crippen molar-refractivity contribution in [1.29, 1.82) is 0 Å². The van der Waals surface area contributed by atoms with Crippen LogP contribution in [0.5, 0.6) is 0 Å². The number of piperidine rings is 1. The van der Waals surface area contributed by atoms with Crippen molar-refractivity contribution in [1.82, 2.24) is 9.55 Å². The quantitative estimate of drug-likeness (QED) is 0.271. The SMILES string of the molecule is CCOC(=O)c1cc2nc(Nc3c(Cl)ccc(CCC(=O)C(C)(C)C)c3Cl)n(C)c2cc1N1CCC(F)(F)CC1. The maximum atomic E-state index is 13.9. The number of nitrogens with zero attached hydrogens (tertiary/aromatic N) is 3. The minimum absolute atomic E-state index is 0.115. The molecule has 1 aliphatic rings. The fourth-order valence-corrected chi connectivity index (χ4v) is 5.25.